The highest BCUT2D eigenvalue weighted by Crippen LogP contribution is 2.30. The van der Waals surface area contributed by atoms with E-state index >= 15 is 0 Å². The van der Waals surface area contributed by atoms with Crippen molar-refractivity contribution in [3.8, 4) is 17.2 Å². The van der Waals surface area contributed by atoms with Gasteiger partial charge in [0.25, 0.3) is 11.8 Å². The lowest BCUT2D eigenvalue weighted by Gasteiger charge is -2.13. The van der Waals surface area contributed by atoms with Crippen LogP contribution in [0.2, 0.25) is 0 Å². The molecule has 4 rings (SSSR count). The van der Waals surface area contributed by atoms with Crippen molar-refractivity contribution in [3.63, 3.8) is 0 Å². The van der Waals surface area contributed by atoms with Crippen LogP contribution in [-0.4, -0.2) is 44.8 Å². The van der Waals surface area contributed by atoms with Gasteiger partial charge < -0.3 is 30.2 Å². The van der Waals surface area contributed by atoms with Gasteiger partial charge in [-0.3, -0.25) is 14.4 Å². The quantitative estimate of drug-likeness (QED) is 0.139. The molecule has 3 amide bonds. The van der Waals surface area contributed by atoms with Gasteiger partial charge in [-0.15, -0.1) is 11.8 Å². The highest BCUT2D eigenvalue weighted by molar-refractivity contribution is 8.00. The van der Waals surface area contributed by atoms with Crippen LogP contribution in [0.25, 0.3) is 6.08 Å². The highest BCUT2D eigenvalue weighted by atomic mass is 32.2. The molecule has 0 atom stereocenters. The number of amides is 3. The minimum atomic E-state index is -0.515. The Bertz CT molecular complexity index is 1620. The van der Waals surface area contributed by atoms with Gasteiger partial charge in [-0.05, 0) is 66.2 Å². The summed E-state index contributed by atoms with van der Waals surface area (Å²) >= 11 is 1.31. The first-order valence-electron chi connectivity index (χ1n) is 13.2. The SMILES string of the molecule is COc1cccc(/C=C(\NC(=O)c2ccccc2)C(=O)Nc2cccc(SCC(=O)Nc3ccc(OC)cc3OC)c2)c1. The Morgan fingerprint density at radius 1 is 0.744 bits per heavy atom. The number of methoxy groups -OCH3 is 3. The number of hydrogen-bond donors (Lipinski definition) is 3. The average molecular weight is 598 g/mol. The predicted octanol–water partition coefficient (Wildman–Crippen LogP) is 5.85. The lowest BCUT2D eigenvalue weighted by Crippen LogP contribution is -2.30. The summed E-state index contributed by atoms with van der Waals surface area (Å²) in [4.78, 5) is 39.7. The first kappa shape index (κ1) is 30.7. The van der Waals surface area contributed by atoms with Crippen molar-refractivity contribution in [1.29, 1.82) is 0 Å². The largest absolute Gasteiger partial charge is 0.497 e. The monoisotopic (exact) mass is 597 g/mol. The van der Waals surface area contributed by atoms with Crippen molar-refractivity contribution in [2.45, 2.75) is 4.90 Å². The summed E-state index contributed by atoms with van der Waals surface area (Å²) in [6, 6.07) is 28.0. The van der Waals surface area contributed by atoms with Gasteiger partial charge in [0.05, 0.1) is 32.8 Å². The molecule has 0 heterocycles. The second kappa shape index (κ2) is 15.1. The number of ether oxygens (including phenoxy) is 3. The number of rotatable bonds is 12. The summed E-state index contributed by atoms with van der Waals surface area (Å²) < 4.78 is 15.8. The van der Waals surface area contributed by atoms with Crippen LogP contribution in [0.3, 0.4) is 0 Å². The average Bonchev–Trinajstić information content (AvgIpc) is 3.04. The molecule has 0 saturated heterocycles. The number of nitrogens with one attached hydrogen (secondary N) is 3. The number of carbonyl (C=O) groups is 3. The van der Waals surface area contributed by atoms with Gasteiger partial charge in [0.2, 0.25) is 5.91 Å². The van der Waals surface area contributed by atoms with Gasteiger partial charge in [-0.2, -0.15) is 0 Å². The molecule has 0 aliphatic carbocycles. The highest BCUT2D eigenvalue weighted by Gasteiger charge is 2.16. The Hall–Kier alpha value is -5.22. The molecule has 0 aliphatic rings. The molecule has 0 aromatic heterocycles. The van der Waals surface area contributed by atoms with E-state index < -0.39 is 11.8 Å². The van der Waals surface area contributed by atoms with E-state index in [4.69, 9.17) is 14.2 Å². The fourth-order valence-corrected chi connectivity index (χ4v) is 4.69. The molecule has 0 spiro atoms. The maximum absolute atomic E-state index is 13.4. The molecule has 43 heavy (non-hydrogen) atoms. The standard InChI is InChI=1S/C33H31N3O6S/c1-40-25-13-7-9-22(17-25)18-29(36-32(38)23-10-5-4-6-11-23)33(39)34-24-12-8-14-27(19-24)43-21-31(37)35-28-16-15-26(41-2)20-30(28)42-3/h4-20H,21H2,1-3H3,(H,34,39)(H,35,37)(H,36,38)/b29-18-. The Labute approximate surface area is 254 Å². The summed E-state index contributed by atoms with van der Waals surface area (Å²) in [5, 5.41) is 8.41. The smallest absolute Gasteiger partial charge is 0.272 e. The Morgan fingerprint density at radius 2 is 1.49 bits per heavy atom. The maximum atomic E-state index is 13.4. The molecule has 9 nitrogen and oxygen atoms in total. The molecule has 3 N–H and O–H groups in total. The zero-order valence-electron chi connectivity index (χ0n) is 23.9. The first-order valence-corrected chi connectivity index (χ1v) is 14.2. The normalized spacial score (nSPS) is 10.8. The van der Waals surface area contributed by atoms with Crippen LogP contribution in [-0.2, 0) is 9.59 Å². The van der Waals surface area contributed by atoms with Crippen LogP contribution in [0, 0.1) is 0 Å². The molecular weight excluding hydrogens is 566 g/mol. The van der Waals surface area contributed by atoms with Gasteiger partial charge in [-0.25, -0.2) is 0 Å². The van der Waals surface area contributed by atoms with Crippen LogP contribution in [0.15, 0.2) is 108 Å². The van der Waals surface area contributed by atoms with E-state index in [0.717, 1.165) is 4.90 Å². The maximum Gasteiger partial charge on any atom is 0.272 e. The lowest BCUT2D eigenvalue weighted by atomic mass is 10.1. The van der Waals surface area contributed by atoms with E-state index in [1.807, 2.05) is 6.07 Å². The third kappa shape index (κ3) is 8.88. The Kier molecular flexibility index (Phi) is 10.8. The van der Waals surface area contributed by atoms with E-state index in [1.165, 1.54) is 18.9 Å². The Morgan fingerprint density at radius 3 is 2.23 bits per heavy atom. The molecule has 10 heteroatoms. The lowest BCUT2D eigenvalue weighted by molar-refractivity contribution is -0.114. The summed E-state index contributed by atoms with van der Waals surface area (Å²) in [6.07, 6.45) is 1.58. The third-order valence-corrected chi connectivity index (χ3v) is 7.07. The number of hydrogen-bond acceptors (Lipinski definition) is 7. The van der Waals surface area contributed by atoms with Gasteiger partial charge in [0.15, 0.2) is 0 Å². The summed E-state index contributed by atoms with van der Waals surface area (Å²) in [6.45, 7) is 0. The van der Waals surface area contributed by atoms with Crippen molar-refractivity contribution in [2.24, 2.45) is 0 Å². The molecular formula is C33H31N3O6S. The molecule has 0 saturated carbocycles. The van der Waals surface area contributed by atoms with Crippen LogP contribution < -0.4 is 30.2 Å². The van der Waals surface area contributed by atoms with Gasteiger partial charge >= 0.3 is 0 Å². The van der Waals surface area contributed by atoms with E-state index in [-0.39, 0.29) is 17.4 Å². The number of carbonyl (C=O) groups excluding carboxylic acids is 3. The molecule has 0 aliphatic heterocycles. The van der Waals surface area contributed by atoms with E-state index in [0.29, 0.717) is 39.8 Å². The van der Waals surface area contributed by atoms with E-state index in [2.05, 4.69) is 16.0 Å². The summed E-state index contributed by atoms with van der Waals surface area (Å²) in [7, 11) is 4.63. The van der Waals surface area contributed by atoms with E-state index in [9.17, 15) is 14.4 Å². The zero-order chi connectivity index (χ0) is 30.6. The minimum absolute atomic E-state index is 0.0491. The first-order chi connectivity index (χ1) is 20.9. The minimum Gasteiger partial charge on any atom is -0.497 e. The van der Waals surface area contributed by atoms with Crippen LogP contribution in [0.4, 0.5) is 11.4 Å². The van der Waals surface area contributed by atoms with Gasteiger partial charge in [-0.1, -0.05) is 36.4 Å². The Balaban J connectivity index is 1.45. The molecule has 0 fully saturated rings. The molecule has 0 unspecified atom stereocenters. The predicted molar refractivity (Wildman–Crippen MR) is 169 cm³/mol. The van der Waals surface area contributed by atoms with Crippen LogP contribution >= 0.6 is 11.8 Å². The molecule has 220 valence electrons. The number of thioether (sulfide) groups is 1. The molecule has 0 bridgehead atoms. The van der Waals surface area contributed by atoms with Crippen molar-refractivity contribution < 1.29 is 28.6 Å². The van der Waals surface area contributed by atoms with Crippen molar-refractivity contribution in [1.82, 2.24) is 5.32 Å². The van der Waals surface area contributed by atoms with Crippen molar-refractivity contribution in [3.05, 3.63) is 114 Å². The summed E-state index contributed by atoms with van der Waals surface area (Å²) in [5.41, 5.74) is 2.16. The fourth-order valence-electron chi connectivity index (χ4n) is 3.94. The molecule has 4 aromatic rings. The van der Waals surface area contributed by atoms with E-state index in [1.54, 1.807) is 111 Å². The molecule has 0 radical (unpaired) electrons. The van der Waals surface area contributed by atoms with Gasteiger partial charge in [0.1, 0.15) is 22.9 Å². The zero-order valence-corrected chi connectivity index (χ0v) is 24.7. The van der Waals surface area contributed by atoms with Gasteiger partial charge in [0, 0.05) is 22.2 Å². The second-order valence-corrected chi connectivity index (χ2v) is 10.1. The molecule has 4 aromatic carbocycles. The summed E-state index contributed by atoms with van der Waals surface area (Å²) in [5.74, 6) is 0.675. The third-order valence-electron chi connectivity index (χ3n) is 6.08. The van der Waals surface area contributed by atoms with Crippen LogP contribution in [0.1, 0.15) is 15.9 Å². The second-order valence-electron chi connectivity index (χ2n) is 9.04. The van der Waals surface area contributed by atoms with Crippen molar-refractivity contribution in [2.75, 3.05) is 37.7 Å². The topological polar surface area (TPSA) is 115 Å². The van der Waals surface area contributed by atoms with Crippen molar-refractivity contribution >= 4 is 46.9 Å². The number of benzene rings is 4. The fraction of sp³-hybridized carbons (Fsp3) is 0.121. The number of anilines is 2. The van der Waals surface area contributed by atoms with Crippen LogP contribution in [0.5, 0.6) is 17.2 Å².